The van der Waals surface area contributed by atoms with Gasteiger partial charge in [-0.3, -0.25) is 4.79 Å². The Hall–Kier alpha value is -0.583. The molecule has 0 radical (unpaired) electrons. The Morgan fingerprint density at radius 3 is 2.00 bits per heavy atom. The topological polar surface area (TPSA) is 100 Å². The minimum atomic E-state index is -2.98. The summed E-state index contributed by atoms with van der Waals surface area (Å²) in [5.74, 6) is -0.364. The highest BCUT2D eigenvalue weighted by molar-refractivity contribution is 7.91. The van der Waals surface area contributed by atoms with Crippen LogP contribution in [0.4, 0.5) is 0 Å². The van der Waals surface area contributed by atoms with Crippen LogP contribution in [0.25, 0.3) is 0 Å². The molecule has 2 atom stereocenters. The quantitative estimate of drug-likeness (QED) is 0.555. The van der Waals surface area contributed by atoms with E-state index >= 15 is 0 Å². The maximum absolute atomic E-state index is 12.1. The van der Waals surface area contributed by atoms with E-state index in [9.17, 15) is 9.00 Å². The Bertz CT molecular complexity index is 527. The van der Waals surface area contributed by atoms with Crippen LogP contribution in [0.2, 0.25) is 0 Å². The number of carbonyl (C=O) groups is 1. The lowest BCUT2D eigenvalue weighted by Gasteiger charge is -2.29. The molecule has 0 rings (SSSR count). The molecule has 0 aromatic heterocycles. The number of hydrogen-bond donors (Lipinski definition) is 1. The van der Waals surface area contributed by atoms with Gasteiger partial charge in [-0.1, -0.05) is 13.0 Å². The molecule has 0 aromatic rings. The summed E-state index contributed by atoms with van der Waals surface area (Å²) in [4.78, 5) is 11.0. The number of nitrogens with zero attached hydrogens (tertiary/aromatic N) is 1. The minimum absolute atomic E-state index is 0.00266. The predicted molar refractivity (Wildman–Crippen MR) is 98.5 cm³/mol. The number of amides is 1. The van der Waals surface area contributed by atoms with E-state index in [2.05, 4.69) is 4.36 Å². The average Bonchev–Trinajstić information content (AvgIpc) is 2.43. The molecular weight excluding hydrogens is 348 g/mol. The second kappa shape index (κ2) is 11.1. The lowest BCUT2D eigenvalue weighted by Crippen LogP contribution is -2.47. The molecule has 0 bridgehead atoms. The van der Waals surface area contributed by atoms with Crippen LogP contribution in [0.5, 0.6) is 0 Å². The summed E-state index contributed by atoms with van der Waals surface area (Å²) in [6.07, 6.45) is 2.61. The second-order valence-corrected chi connectivity index (χ2v) is 10.2. The highest BCUT2D eigenvalue weighted by Gasteiger charge is 2.42. The third-order valence-corrected chi connectivity index (χ3v) is 7.91. The predicted octanol–water partition coefficient (Wildman–Crippen LogP) is 2.43. The first-order valence-electron chi connectivity index (χ1n) is 8.24. The largest absolute Gasteiger partial charge is 0.532 e. The molecule has 0 fully saturated rings. The summed E-state index contributed by atoms with van der Waals surface area (Å²) >= 11 is 0. The molecular formula is C15H32N2O5SSi. The van der Waals surface area contributed by atoms with Crippen molar-refractivity contribution in [3.8, 4) is 0 Å². The van der Waals surface area contributed by atoms with Crippen molar-refractivity contribution in [1.29, 1.82) is 0 Å². The number of hydrogen-bond acceptors (Lipinski definition) is 5. The van der Waals surface area contributed by atoms with Crippen LogP contribution in [-0.2, 0) is 28.0 Å². The Balaban J connectivity index is 5.14. The maximum Gasteiger partial charge on any atom is 0.532 e. The first kappa shape index (κ1) is 23.4. The number of carbonyl (C=O) groups excluding carboxylic acids is 1. The second-order valence-electron chi connectivity index (χ2n) is 5.55. The van der Waals surface area contributed by atoms with Crippen LogP contribution < -0.4 is 5.14 Å². The van der Waals surface area contributed by atoms with Crippen LogP contribution in [0.1, 0.15) is 48.0 Å². The zero-order valence-corrected chi connectivity index (χ0v) is 17.5. The van der Waals surface area contributed by atoms with E-state index < -0.39 is 24.6 Å². The monoisotopic (exact) mass is 380 g/mol. The van der Waals surface area contributed by atoms with Gasteiger partial charge in [-0.05, 0) is 45.2 Å². The first-order valence-corrected chi connectivity index (χ1v) is 11.7. The van der Waals surface area contributed by atoms with Crippen molar-refractivity contribution in [2.75, 3.05) is 25.6 Å². The molecule has 0 aliphatic carbocycles. The summed E-state index contributed by atoms with van der Waals surface area (Å²) in [6, 6.07) is 0. The number of rotatable bonds is 11. The van der Waals surface area contributed by atoms with Crippen molar-refractivity contribution in [2.24, 2.45) is 15.4 Å². The fourth-order valence-electron chi connectivity index (χ4n) is 2.27. The van der Waals surface area contributed by atoms with E-state index in [4.69, 9.17) is 18.4 Å². The van der Waals surface area contributed by atoms with Crippen molar-refractivity contribution in [1.82, 2.24) is 0 Å². The summed E-state index contributed by atoms with van der Waals surface area (Å²) in [7, 11) is -5.85. The van der Waals surface area contributed by atoms with E-state index in [1.54, 1.807) is 0 Å². The van der Waals surface area contributed by atoms with Crippen molar-refractivity contribution in [3.05, 3.63) is 11.3 Å². The van der Waals surface area contributed by atoms with Gasteiger partial charge in [0.1, 0.15) is 9.92 Å². The van der Waals surface area contributed by atoms with Gasteiger partial charge in [0, 0.05) is 32.5 Å². The van der Waals surface area contributed by atoms with Gasteiger partial charge in [-0.2, -0.15) is 0 Å². The highest BCUT2D eigenvalue weighted by Crippen LogP contribution is 2.22. The van der Waals surface area contributed by atoms with E-state index in [1.165, 1.54) is 6.92 Å². The molecule has 1 unspecified atom stereocenters. The zero-order chi connectivity index (χ0) is 18.8. The van der Waals surface area contributed by atoms with Crippen LogP contribution in [0.3, 0.4) is 0 Å². The molecule has 0 heterocycles. The highest BCUT2D eigenvalue weighted by atomic mass is 32.2. The average molecular weight is 381 g/mol. The normalized spacial score (nSPS) is 16.5. The SMILES string of the molecule is CCO[Si](OCC)(OCC)/C(C)=C\C[C@H](C)CS(N)(=O)=NC(C)=O. The minimum Gasteiger partial charge on any atom is -0.371 e. The van der Waals surface area contributed by atoms with Gasteiger partial charge in [0.25, 0.3) is 5.91 Å². The third kappa shape index (κ3) is 8.50. The van der Waals surface area contributed by atoms with Gasteiger partial charge < -0.3 is 13.3 Å². The molecule has 0 saturated heterocycles. The molecule has 1 amide bonds. The van der Waals surface area contributed by atoms with E-state index in [0.29, 0.717) is 26.2 Å². The molecule has 7 nitrogen and oxygen atoms in total. The lowest BCUT2D eigenvalue weighted by atomic mass is 10.1. The molecule has 0 aliphatic heterocycles. The Kier molecular flexibility index (Phi) is 10.8. The molecule has 24 heavy (non-hydrogen) atoms. The lowest BCUT2D eigenvalue weighted by molar-refractivity contribution is -0.115. The Labute approximate surface area is 147 Å². The summed E-state index contributed by atoms with van der Waals surface area (Å²) in [5, 5.41) is 6.53. The van der Waals surface area contributed by atoms with Crippen molar-refractivity contribution in [3.63, 3.8) is 0 Å². The smallest absolute Gasteiger partial charge is 0.371 e. The molecule has 0 aromatic carbocycles. The molecule has 142 valence electrons. The van der Waals surface area contributed by atoms with Crippen LogP contribution in [-0.4, -0.2) is 44.5 Å². The maximum atomic E-state index is 12.1. The van der Waals surface area contributed by atoms with Gasteiger partial charge in [-0.25, -0.2) is 9.35 Å². The standard InChI is InChI=1S/C15H32N2O5SSi/c1-7-20-24(21-8-2,22-9-3)14(5)11-10-13(4)12-23(16,19)17-15(6)18/h11,13H,7-10,12H2,1-6H3,(H2,16,17,18,19)/b14-11-/t13-,23?/m0/s1. The molecule has 0 saturated carbocycles. The fraction of sp³-hybridized carbons (Fsp3) is 0.800. The van der Waals surface area contributed by atoms with Gasteiger partial charge in [-0.15, -0.1) is 4.36 Å². The van der Waals surface area contributed by atoms with Gasteiger partial charge in [0.15, 0.2) is 0 Å². The molecule has 0 spiro atoms. The van der Waals surface area contributed by atoms with E-state index in [-0.39, 0.29) is 11.7 Å². The first-order chi connectivity index (χ1) is 11.1. The van der Waals surface area contributed by atoms with Crippen LogP contribution in [0.15, 0.2) is 15.6 Å². The van der Waals surface area contributed by atoms with Crippen molar-refractivity contribution < 1.29 is 22.3 Å². The summed E-state index contributed by atoms with van der Waals surface area (Å²) in [5.41, 5.74) is 0. The van der Waals surface area contributed by atoms with E-state index in [1.807, 2.05) is 40.7 Å². The van der Waals surface area contributed by atoms with Crippen LogP contribution in [0, 0.1) is 5.92 Å². The fourth-order valence-corrected chi connectivity index (χ4v) is 6.17. The molecule has 9 heteroatoms. The summed E-state index contributed by atoms with van der Waals surface area (Å²) < 4.78 is 33.1. The zero-order valence-electron chi connectivity index (χ0n) is 15.7. The van der Waals surface area contributed by atoms with Crippen LogP contribution >= 0.6 is 0 Å². The summed E-state index contributed by atoms with van der Waals surface area (Å²) in [6.45, 7) is 12.3. The van der Waals surface area contributed by atoms with E-state index in [0.717, 1.165) is 5.20 Å². The third-order valence-electron chi connectivity index (χ3n) is 3.12. The Morgan fingerprint density at radius 1 is 1.17 bits per heavy atom. The van der Waals surface area contributed by atoms with Crippen molar-refractivity contribution in [2.45, 2.75) is 48.0 Å². The van der Waals surface area contributed by atoms with Gasteiger partial charge in [0.05, 0.1) is 0 Å². The molecule has 0 aliphatic rings. The molecule has 2 N–H and O–H groups in total. The number of allylic oxidation sites excluding steroid dienone is 2. The van der Waals surface area contributed by atoms with Gasteiger partial charge in [0.2, 0.25) is 0 Å². The number of nitrogens with two attached hydrogens (primary N) is 1. The van der Waals surface area contributed by atoms with Gasteiger partial charge >= 0.3 is 8.80 Å². The van der Waals surface area contributed by atoms with Crippen molar-refractivity contribution >= 4 is 24.6 Å². The Morgan fingerprint density at radius 2 is 1.62 bits per heavy atom.